The molecule has 0 bridgehead atoms. The summed E-state index contributed by atoms with van der Waals surface area (Å²) in [5.74, 6) is 0.0923. The zero-order valence-corrected chi connectivity index (χ0v) is 8.99. The number of hydrogen-bond acceptors (Lipinski definition) is 4. The minimum absolute atomic E-state index is 0.168. The van der Waals surface area contributed by atoms with Crippen LogP contribution in [0.1, 0.15) is 0 Å². The van der Waals surface area contributed by atoms with Crippen molar-refractivity contribution in [2.45, 2.75) is 0 Å². The van der Waals surface area contributed by atoms with E-state index in [1.807, 2.05) is 0 Å². The molecule has 0 saturated carbocycles. The SMILES string of the molecule is COc1cc2c(cc1F)[nH]c1ncnc(N)c12. The highest BCUT2D eigenvalue weighted by Crippen LogP contribution is 2.31. The Bertz CT molecular complexity index is 722. The predicted octanol–water partition coefficient (Wildman–Crippen LogP) is 1.84. The third-order valence-corrected chi connectivity index (χ3v) is 2.69. The van der Waals surface area contributed by atoms with Gasteiger partial charge in [0.1, 0.15) is 17.8 Å². The number of H-pyrrole nitrogens is 1. The van der Waals surface area contributed by atoms with Crippen molar-refractivity contribution in [1.82, 2.24) is 15.0 Å². The second-order valence-corrected chi connectivity index (χ2v) is 3.64. The Morgan fingerprint density at radius 3 is 2.94 bits per heavy atom. The molecule has 5 nitrogen and oxygen atoms in total. The van der Waals surface area contributed by atoms with Crippen LogP contribution in [-0.2, 0) is 0 Å². The van der Waals surface area contributed by atoms with E-state index in [1.165, 1.54) is 19.5 Å². The Hall–Kier alpha value is -2.37. The monoisotopic (exact) mass is 232 g/mol. The number of aromatic nitrogens is 3. The lowest BCUT2D eigenvalue weighted by atomic mass is 10.2. The van der Waals surface area contributed by atoms with Gasteiger partial charge >= 0.3 is 0 Å². The van der Waals surface area contributed by atoms with Crippen molar-refractivity contribution in [1.29, 1.82) is 0 Å². The number of fused-ring (bicyclic) bond motifs is 3. The number of nitrogen functional groups attached to an aromatic ring is 1. The number of hydrogen-bond donors (Lipinski definition) is 2. The van der Waals surface area contributed by atoms with Gasteiger partial charge in [-0.05, 0) is 6.07 Å². The van der Waals surface area contributed by atoms with Gasteiger partial charge in [0.15, 0.2) is 11.6 Å². The van der Waals surface area contributed by atoms with Gasteiger partial charge in [0.05, 0.1) is 18.0 Å². The summed E-state index contributed by atoms with van der Waals surface area (Å²) in [6.45, 7) is 0. The Kier molecular flexibility index (Phi) is 1.91. The number of anilines is 1. The van der Waals surface area contributed by atoms with E-state index in [4.69, 9.17) is 10.5 Å². The number of rotatable bonds is 1. The standard InChI is InChI=1S/C11H9FN4O/c1-17-8-2-5-7(3-6(8)12)16-11-9(5)10(13)14-4-15-11/h2-4H,1H3,(H3,13,14,15,16). The molecule has 0 radical (unpaired) electrons. The smallest absolute Gasteiger partial charge is 0.167 e. The highest BCUT2D eigenvalue weighted by Gasteiger charge is 2.12. The topological polar surface area (TPSA) is 76.8 Å². The summed E-state index contributed by atoms with van der Waals surface area (Å²) in [6, 6.07) is 2.94. The van der Waals surface area contributed by atoms with E-state index in [2.05, 4.69) is 15.0 Å². The summed E-state index contributed by atoms with van der Waals surface area (Å²) < 4.78 is 18.5. The predicted molar refractivity (Wildman–Crippen MR) is 62.3 cm³/mol. The van der Waals surface area contributed by atoms with Gasteiger partial charge in [0.25, 0.3) is 0 Å². The van der Waals surface area contributed by atoms with E-state index in [1.54, 1.807) is 6.07 Å². The van der Waals surface area contributed by atoms with Gasteiger partial charge in [-0.2, -0.15) is 0 Å². The maximum Gasteiger partial charge on any atom is 0.167 e. The second-order valence-electron chi connectivity index (χ2n) is 3.64. The van der Waals surface area contributed by atoms with Crippen molar-refractivity contribution in [2.24, 2.45) is 0 Å². The largest absolute Gasteiger partial charge is 0.494 e. The van der Waals surface area contributed by atoms with Crippen molar-refractivity contribution in [3.05, 3.63) is 24.3 Å². The summed E-state index contributed by atoms with van der Waals surface area (Å²) in [7, 11) is 1.42. The van der Waals surface area contributed by atoms with E-state index in [-0.39, 0.29) is 5.75 Å². The number of methoxy groups -OCH3 is 1. The minimum Gasteiger partial charge on any atom is -0.494 e. The maximum absolute atomic E-state index is 13.5. The first-order chi connectivity index (χ1) is 8.20. The third-order valence-electron chi connectivity index (χ3n) is 2.69. The molecular formula is C11H9FN4O. The van der Waals surface area contributed by atoms with Crippen LogP contribution in [0.4, 0.5) is 10.2 Å². The van der Waals surface area contributed by atoms with Gasteiger partial charge in [-0.15, -0.1) is 0 Å². The average molecular weight is 232 g/mol. The van der Waals surface area contributed by atoms with Crippen molar-refractivity contribution < 1.29 is 9.13 Å². The highest BCUT2D eigenvalue weighted by molar-refractivity contribution is 6.10. The molecule has 3 aromatic rings. The van der Waals surface area contributed by atoms with Gasteiger partial charge in [-0.3, -0.25) is 0 Å². The average Bonchev–Trinajstić information content (AvgIpc) is 2.66. The zero-order valence-electron chi connectivity index (χ0n) is 8.99. The van der Waals surface area contributed by atoms with Crippen LogP contribution in [0.15, 0.2) is 18.5 Å². The molecule has 2 heterocycles. The quantitative estimate of drug-likeness (QED) is 0.671. The highest BCUT2D eigenvalue weighted by atomic mass is 19.1. The van der Waals surface area contributed by atoms with Crippen LogP contribution in [0, 0.1) is 5.82 Å². The third kappa shape index (κ3) is 1.30. The molecule has 0 amide bonds. The summed E-state index contributed by atoms with van der Waals surface area (Å²) in [5, 5.41) is 1.43. The van der Waals surface area contributed by atoms with E-state index >= 15 is 0 Å². The molecule has 0 atom stereocenters. The number of ether oxygens (including phenoxy) is 1. The van der Waals surface area contributed by atoms with E-state index in [0.29, 0.717) is 22.4 Å². The van der Waals surface area contributed by atoms with Crippen molar-refractivity contribution in [2.75, 3.05) is 12.8 Å². The first kappa shape index (κ1) is 9.83. The van der Waals surface area contributed by atoms with E-state index in [0.717, 1.165) is 5.39 Å². The number of benzene rings is 1. The first-order valence-electron chi connectivity index (χ1n) is 4.96. The van der Waals surface area contributed by atoms with Crippen molar-refractivity contribution >= 4 is 27.8 Å². The maximum atomic E-state index is 13.5. The lowest BCUT2D eigenvalue weighted by Gasteiger charge is -2.01. The number of aromatic amines is 1. The van der Waals surface area contributed by atoms with Crippen LogP contribution < -0.4 is 10.5 Å². The summed E-state index contributed by atoms with van der Waals surface area (Å²) >= 11 is 0. The molecule has 0 spiro atoms. The molecule has 3 N–H and O–H groups in total. The fraction of sp³-hybridized carbons (Fsp3) is 0.0909. The molecule has 0 fully saturated rings. The van der Waals surface area contributed by atoms with Crippen LogP contribution in [0.25, 0.3) is 21.9 Å². The normalized spacial score (nSPS) is 11.2. The zero-order chi connectivity index (χ0) is 12.0. The van der Waals surface area contributed by atoms with Crippen LogP contribution in [0.3, 0.4) is 0 Å². The van der Waals surface area contributed by atoms with Gasteiger partial charge in [-0.1, -0.05) is 0 Å². The van der Waals surface area contributed by atoms with Crippen LogP contribution in [-0.4, -0.2) is 22.1 Å². The van der Waals surface area contributed by atoms with Gasteiger partial charge < -0.3 is 15.5 Å². The molecule has 0 aliphatic heterocycles. The lowest BCUT2D eigenvalue weighted by Crippen LogP contribution is -1.91. The molecule has 0 saturated heterocycles. The first-order valence-corrected chi connectivity index (χ1v) is 4.96. The van der Waals surface area contributed by atoms with Crippen molar-refractivity contribution in [3.8, 4) is 5.75 Å². The fourth-order valence-electron chi connectivity index (χ4n) is 1.91. The number of nitrogens with two attached hydrogens (primary N) is 1. The number of nitrogens with zero attached hydrogens (tertiary/aromatic N) is 2. The van der Waals surface area contributed by atoms with E-state index in [9.17, 15) is 4.39 Å². The number of nitrogens with one attached hydrogen (secondary N) is 1. The Morgan fingerprint density at radius 2 is 2.18 bits per heavy atom. The van der Waals surface area contributed by atoms with Crippen LogP contribution in [0.5, 0.6) is 5.75 Å². The molecule has 0 aliphatic carbocycles. The summed E-state index contributed by atoms with van der Waals surface area (Å²) in [5.41, 5.74) is 6.99. The molecule has 2 aromatic heterocycles. The molecule has 6 heteroatoms. The minimum atomic E-state index is -0.432. The second kappa shape index (κ2) is 3.31. The Labute approximate surface area is 95.4 Å². The molecule has 3 rings (SSSR count). The van der Waals surface area contributed by atoms with Crippen LogP contribution in [0.2, 0.25) is 0 Å². The Balaban J connectivity index is 2.51. The summed E-state index contributed by atoms with van der Waals surface area (Å²) in [4.78, 5) is 11.0. The van der Waals surface area contributed by atoms with Gasteiger partial charge in [0, 0.05) is 11.5 Å². The molecule has 1 aromatic carbocycles. The molecule has 0 aliphatic rings. The molecular weight excluding hydrogens is 223 g/mol. The van der Waals surface area contributed by atoms with Gasteiger partial charge in [-0.25, -0.2) is 14.4 Å². The fourth-order valence-corrected chi connectivity index (χ4v) is 1.91. The lowest BCUT2D eigenvalue weighted by molar-refractivity contribution is 0.387. The summed E-state index contributed by atoms with van der Waals surface area (Å²) in [6.07, 6.45) is 1.36. The van der Waals surface area contributed by atoms with Gasteiger partial charge in [0.2, 0.25) is 0 Å². The van der Waals surface area contributed by atoms with E-state index < -0.39 is 5.82 Å². The molecule has 17 heavy (non-hydrogen) atoms. The number of halogens is 1. The van der Waals surface area contributed by atoms with Crippen LogP contribution >= 0.6 is 0 Å². The molecule has 86 valence electrons. The van der Waals surface area contributed by atoms with Crippen molar-refractivity contribution in [3.63, 3.8) is 0 Å². The molecule has 0 unspecified atom stereocenters. The Morgan fingerprint density at radius 1 is 1.35 bits per heavy atom.